The van der Waals surface area contributed by atoms with Gasteiger partial charge in [-0.1, -0.05) is 413 Å². The number of carbonyl (C=O) groups excluding carboxylic acids is 1. The molecule has 1 heterocycles. The number of allylic oxidation sites excluding steroid dienone is 16. The highest BCUT2D eigenvalue weighted by Gasteiger charge is 2.44. The molecule has 1 fully saturated rings. The van der Waals surface area contributed by atoms with E-state index in [1.54, 1.807) is 0 Å². The zero-order chi connectivity index (χ0) is 69.9. The van der Waals surface area contributed by atoms with Gasteiger partial charge < -0.3 is 40.3 Å². The molecule has 1 saturated heterocycles. The number of nitrogens with one attached hydrogen (secondary N) is 1. The number of aliphatic hydroxyl groups is 5. The van der Waals surface area contributed by atoms with E-state index in [1.165, 1.54) is 283 Å². The summed E-state index contributed by atoms with van der Waals surface area (Å²) in [5, 5.41) is 55.2. The third-order valence-electron chi connectivity index (χ3n) is 19.7. The SMILES string of the molecule is CC/C=C\C/C=C\C/C=C\C/C=C\C/C=C\C/C=C\C/C=C\C/C=C\CCCCCCCCCCCCCCCCCCC(=O)NC(COC1OC(CO)C(O)C(O)C1O)C(O)CCCCCCCCCCCCCCCCCCCCCCCCCCCCCCCCCCC. The summed E-state index contributed by atoms with van der Waals surface area (Å²) in [4.78, 5) is 13.2. The van der Waals surface area contributed by atoms with Crippen LogP contribution in [0.5, 0.6) is 0 Å². The van der Waals surface area contributed by atoms with E-state index in [4.69, 9.17) is 9.47 Å². The second-order valence-electron chi connectivity index (χ2n) is 28.9. The topological polar surface area (TPSA) is 149 Å². The Bertz CT molecular complexity index is 1870. The van der Waals surface area contributed by atoms with E-state index in [9.17, 15) is 30.3 Å². The first kappa shape index (κ1) is 92.1. The highest BCUT2D eigenvalue weighted by molar-refractivity contribution is 5.76. The molecule has 7 unspecified atom stereocenters. The standard InChI is InChI=1S/C88H159NO8/c1-3-5-7-9-11-13-15-17-19-21-23-25-27-29-31-33-35-37-38-39-40-41-42-43-44-46-48-50-52-54-56-58-60-62-64-66-68-70-72-74-76-78-84(92)89-81(80-96-88-87(95)86(94)85(93)83(79-90)97-88)82(91)77-75-73-71-69-67-65-63-61-59-57-55-53-51-49-47-45-36-34-32-30-28-26-24-22-20-18-16-14-12-10-8-6-4-2/h5,7,11,13,17,19,23,25,29,31,35,37,39-40,42-43,81-83,85-88,90-91,93-95H,3-4,6,8-10,12,14-16,18,20-22,24,26-28,30,32-34,36,38,41,44-80H2,1-2H3,(H,89,92)/b7-5-,13-11-,19-17-,25-23-,31-29-,37-35-,40-39-,43-42-. The van der Waals surface area contributed by atoms with Crippen molar-refractivity contribution in [1.29, 1.82) is 0 Å². The Balaban J connectivity index is 2.05. The quantitative estimate of drug-likeness (QED) is 0.0261. The highest BCUT2D eigenvalue weighted by atomic mass is 16.7. The van der Waals surface area contributed by atoms with E-state index in [1.807, 2.05) is 0 Å². The largest absolute Gasteiger partial charge is 0.394 e. The molecule has 6 N–H and O–H groups in total. The molecule has 9 heteroatoms. The first-order chi connectivity index (χ1) is 47.8. The second kappa shape index (κ2) is 75.8. The Kier molecular flexibility index (Phi) is 72.0. The molecule has 0 aromatic carbocycles. The summed E-state index contributed by atoms with van der Waals surface area (Å²) in [7, 11) is 0. The molecule has 97 heavy (non-hydrogen) atoms. The van der Waals surface area contributed by atoms with E-state index in [-0.39, 0.29) is 12.5 Å². The fraction of sp³-hybridized carbons (Fsp3) is 0.807. The average molecular weight is 1360 g/mol. The zero-order valence-electron chi connectivity index (χ0n) is 63.6. The van der Waals surface area contributed by atoms with Crippen LogP contribution in [0.1, 0.15) is 399 Å². The minimum Gasteiger partial charge on any atom is -0.394 e. The Morgan fingerprint density at radius 1 is 0.361 bits per heavy atom. The van der Waals surface area contributed by atoms with Crippen molar-refractivity contribution < 1.29 is 39.8 Å². The third-order valence-corrected chi connectivity index (χ3v) is 19.7. The van der Waals surface area contributed by atoms with Crippen molar-refractivity contribution in [2.45, 2.75) is 442 Å². The van der Waals surface area contributed by atoms with Crippen LogP contribution in [0.15, 0.2) is 97.2 Å². The normalized spacial score (nSPS) is 17.9. The predicted molar refractivity (Wildman–Crippen MR) is 419 cm³/mol. The fourth-order valence-electron chi connectivity index (χ4n) is 13.2. The number of unbranched alkanes of at least 4 members (excludes halogenated alkanes) is 48. The number of ether oxygens (including phenoxy) is 2. The molecule has 1 aliphatic heterocycles. The maximum atomic E-state index is 13.2. The van der Waals surface area contributed by atoms with E-state index in [0.29, 0.717) is 12.8 Å². The molecule has 0 saturated carbocycles. The maximum Gasteiger partial charge on any atom is 0.220 e. The van der Waals surface area contributed by atoms with Crippen LogP contribution in [0.25, 0.3) is 0 Å². The molecule has 9 nitrogen and oxygen atoms in total. The first-order valence-electron chi connectivity index (χ1n) is 41.9. The van der Waals surface area contributed by atoms with Gasteiger partial charge >= 0.3 is 0 Å². The van der Waals surface area contributed by atoms with Crippen LogP contribution in [0.4, 0.5) is 0 Å². The smallest absolute Gasteiger partial charge is 0.220 e. The van der Waals surface area contributed by atoms with Gasteiger partial charge in [0, 0.05) is 6.42 Å². The summed E-state index contributed by atoms with van der Waals surface area (Å²) in [5.41, 5.74) is 0. The second-order valence-corrected chi connectivity index (χ2v) is 28.9. The van der Waals surface area contributed by atoms with Crippen LogP contribution >= 0.6 is 0 Å². The van der Waals surface area contributed by atoms with Crippen molar-refractivity contribution in [3.05, 3.63) is 97.2 Å². The van der Waals surface area contributed by atoms with Crippen molar-refractivity contribution in [1.82, 2.24) is 5.32 Å². The first-order valence-corrected chi connectivity index (χ1v) is 41.9. The molecule has 1 aliphatic rings. The minimum atomic E-state index is -1.56. The van der Waals surface area contributed by atoms with Crippen molar-refractivity contribution in [2.75, 3.05) is 13.2 Å². The van der Waals surface area contributed by atoms with Crippen LogP contribution in [0.2, 0.25) is 0 Å². The van der Waals surface area contributed by atoms with Gasteiger partial charge in [-0.05, 0) is 77.0 Å². The van der Waals surface area contributed by atoms with Crippen molar-refractivity contribution in [3.8, 4) is 0 Å². The predicted octanol–water partition coefficient (Wildman–Crippen LogP) is 24.5. The Hall–Kier alpha value is -2.89. The highest BCUT2D eigenvalue weighted by Crippen LogP contribution is 2.24. The molecule has 7 atom stereocenters. The van der Waals surface area contributed by atoms with Gasteiger partial charge in [-0.15, -0.1) is 0 Å². The zero-order valence-corrected chi connectivity index (χ0v) is 63.6. The molecule has 0 aliphatic carbocycles. The van der Waals surface area contributed by atoms with Gasteiger partial charge in [-0.2, -0.15) is 0 Å². The number of carbonyl (C=O) groups is 1. The summed E-state index contributed by atoms with van der Waals surface area (Å²) >= 11 is 0. The molecule has 1 rings (SSSR count). The summed E-state index contributed by atoms with van der Waals surface area (Å²) < 4.78 is 11.4. The molecular weight excluding hydrogens is 1200 g/mol. The lowest BCUT2D eigenvalue weighted by Crippen LogP contribution is -2.60. The molecule has 0 bridgehead atoms. The Labute approximate surface area is 600 Å². The molecular formula is C88H159NO8. The third kappa shape index (κ3) is 63.7. The van der Waals surface area contributed by atoms with Gasteiger partial charge in [0.05, 0.1) is 25.4 Å². The number of hydrogen-bond donors (Lipinski definition) is 6. The lowest BCUT2D eigenvalue weighted by atomic mass is 9.99. The summed E-state index contributed by atoms with van der Waals surface area (Å²) in [6.45, 7) is 3.77. The van der Waals surface area contributed by atoms with Crippen LogP contribution in [-0.4, -0.2) is 87.5 Å². The molecule has 0 spiro atoms. The summed E-state index contributed by atoms with van der Waals surface area (Å²) in [6, 6.07) is -0.725. The van der Waals surface area contributed by atoms with Crippen LogP contribution in [0.3, 0.4) is 0 Å². The fourth-order valence-corrected chi connectivity index (χ4v) is 13.2. The van der Waals surface area contributed by atoms with E-state index in [2.05, 4.69) is 116 Å². The lowest BCUT2D eigenvalue weighted by molar-refractivity contribution is -0.302. The summed E-state index contributed by atoms with van der Waals surface area (Å²) in [6.07, 6.45) is 104. The Morgan fingerprint density at radius 2 is 0.639 bits per heavy atom. The number of amides is 1. The molecule has 0 aromatic heterocycles. The van der Waals surface area contributed by atoms with Gasteiger partial charge in [-0.25, -0.2) is 0 Å². The van der Waals surface area contributed by atoms with Crippen molar-refractivity contribution in [2.24, 2.45) is 0 Å². The monoisotopic (exact) mass is 1360 g/mol. The number of rotatable bonds is 74. The van der Waals surface area contributed by atoms with Gasteiger partial charge in [0.1, 0.15) is 24.4 Å². The van der Waals surface area contributed by atoms with E-state index < -0.39 is 49.5 Å². The minimum absolute atomic E-state index is 0.138. The van der Waals surface area contributed by atoms with E-state index >= 15 is 0 Å². The Morgan fingerprint density at radius 3 is 0.948 bits per heavy atom. The van der Waals surface area contributed by atoms with Crippen LogP contribution < -0.4 is 5.32 Å². The lowest BCUT2D eigenvalue weighted by Gasteiger charge is -2.40. The van der Waals surface area contributed by atoms with Crippen molar-refractivity contribution in [3.63, 3.8) is 0 Å². The molecule has 0 aromatic rings. The van der Waals surface area contributed by atoms with Crippen LogP contribution in [0, 0.1) is 0 Å². The number of aliphatic hydroxyl groups excluding tert-OH is 5. The average Bonchev–Trinajstić information content (AvgIpc) is 0.854. The van der Waals surface area contributed by atoms with Gasteiger partial charge in [0.25, 0.3) is 0 Å². The molecule has 1 amide bonds. The van der Waals surface area contributed by atoms with Gasteiger partial charge in [0.15, 0.2) is 6.29 Å². The maximum absolute atomic E-state index is 13.2. The molecule has 564 valence electrons. The van der Waals surface area contributed by atoms with Gasteiger partial charge in [0.2, 0.25) is 5.91 Å². The summed E-state index contributed by atoms with van der Waals surface area (Å²) in [5.74, 6) is -0.140. The molecule has 0 radical (unpaired) electrons. The number of hydrogen-bond acceptors (Lipinski definition) is 8. The van der Waals surface area contributed by atoms with Crippen molar-refractivity contribution >= 4 is 5.91 Å². The van der Waals surface area contributed by atoms with Crippen LogP contribution in [-0.2, 0) is 14.3 Å². The van der Waals surface area contributed by atoms with Gasteiger partial charge in [-0.3, -0.25) is 4.79 Å². The van der Waals surface area contributed by atoms with E-state index in [0.717, 1.165) is 89.9 Å².